The SMILES string of the molecule is Cc1ccc(C2=NN(C(=O)C[NH+]3CC[NH+](C)CC3)[C@H](c3ccco3)C2)cc1. The first-order chi connectivity index (χ1) is 13.1. The second-order valence-corrected chi connectivity index (χ2v) is 7.77. The van der Waals surface area contributed by atoms with Gasteiger partial charge in [-0.25, -0.2) is 5.01 Å². The monoisotopic (exact) mass is 368 g/mol. The van der Waals surface area contributed by atoms with Gasteiger partial charge in [-0.15, -0.1) is 0 Å². The zero-order valence-corrected chi connectivity index (χ0v) is 16.1. The summed E-state index contributed by atoms with van der Waals surface area (Å²) >= 11 is 0. The van der Waals surface area contributed by atoms with Crippen molar-refractivity contribution in [3.05, 3.63) is 59.5 Å². The summed E-state index contributed by atoms with van der Waals surface area (Å²) in [6, 6.07) is 12.0. The van der Waals surface area contributed by atoms with E-state index in [0.29, 0.717) is 13.0 Å². The van der Waals surface area contributed by atoms with Gasteiger partial charge in [0.15, 0.2) is 6.54 Å². The predicted octanol–water partition coefficient (Wildman–Crippen LogP) is -0.321. The van der Waals surface area contributed by atoms with E-state index in [0.717, 1.165) is 43.2 Å². The van der Waals surface area contributed by atoms with Gasteiger partial charge in [-0.3, -0.25) is 4.79 Å². The molecule has 2 aromatic rings. The van der Waals surface area contributed by atoms with Crippen LogP contribution in [0.4, 0.5) is 0 Å². The normalized spacial score (nSPS) is 25.5. The van der Waals surface area contributed by atoms with Crippen molar-refractivity contribution in [2.75, 3.05) is 39.8 Å². The number of aryl methyl sites for hydroxylation is 1. The number of hydrogen-bond acceptors (Lipinski definition) is 3. The molecular weight excluding hydrogens is 340 g/mol. The Morgan fingerprint density at radius 3 is 2.59 bits per heavy atom. The van der Waals surface area contributed by atoms with Gasteiger partial charge in [-0.05, 0) is 24.6 Å². The zero-order valence-electron chi connectivity index (χ0n) is 16.1. The topological polar surface area (TPSA) is 54.7 Å². The molecule has 0 bridgehead atoms. The number of hydrogen-bond donors (Lipinski definition) is 2. The van der Waals surface area contributed by atoms with E-state index >= 15 is 0 Å². The fourth-order valence-electron chi connectivity index (χ4n) is 3.87. The lowest BCUT2D eigenvalue weighted by Crippen LogP contribution is -3.27. The number of nitrogens with zero attached hydrogens (tertiary/aromatic N) is 2. The van der Waals surface area contributed by atoms with Crippen LogP contribution in [0, 0.1) is 6.92 Å². The van der Waals surface area contributed by atoms with Crippen molar-refractivity contribution in [1.82, 2.24) is 5.01 Å². The first-order valence-corrected chi connectivity index (χ1v) is 9.75. The summed E-state index contributed by atoms with van der Waals surface area (Å²) in [6.07, 6.45) is 2.35. The number of likely N-dealkylation sites (N-methyl/N-ethyl adjacent to an activating group) is 1. The lowest BCUT2D eigenvalue weighted by atomic mass is 10.0. The van der Waals surface area contributed by atoms with E-state index in [1.165, 1.54) is 10.5 Å². The van der Waals surface area contributed by atoms with Crippen LogP contribution in [0.1, 0.15) is 29.3 Å². The molecule has 1 saturated heterocycles. The largest absolute Gasteiger partial charge is 0.467 e. The van der Waals surface area contributed by atoms with E-state index in [4.69, 9.17) is 9.52 Å². The van der Waals surface area contributed by atoms with Gasteiger partial charge in [-0.2, -0.15) is 5.10 Å². The molecule has 6 heteroatoms. The highest BCUT2D eigenvalue weighted by Gasteiger charge is 2.36. The van der Waals surface area contributed by atoms with Gasteiger partial charge in [0.1, 0.15) is 38.0 Å². The first kappa shape index (κ1) is 17.9. The lowest BCUT2D eigenvalue weighted by Gasteiger charge is -2.28. The summed E-state index contributed by atoms with van der Waals surface area (Å²) in [4.78, 5) is 16.0. The summed E-state index contributed by atoms with van der Waals surface area (Å²) in [5, 5.41) is 6.39. The molecule has 2 N–H and O–H groups in total. The molecule has 4 rings (SSSR count). The Bertz CT molecular complexity index is 805. The van der Waals surface area contributed by atoms with Crippen LogP contribution in [0.5, 0.6) is 0 Å². The van der Waals surface area contributed by atoms with Crippen LogP contribution in [0.2, 0.25) is 0 Å². The van der Waals surface area contributed by atoms with E-state index in [-0.39, 0.29) is 11.9 Å². The average Bonchev–Trinajstić information content (AvgIpc) is 3.33. The Hall–Kier alpha value is -2.44. The number of quaternary nitrogens is 2. The molecule has 6 nitrogen and oxygen atoms in total. The van der Waals surface area contributed by atoms with Crippen molar-refractivity contribution < 1.29 is 19.0 Å². The molecule has 2 aliphatic heterocycles. The Kier molecular flexibility index (Phi) is 5.09. The third-order valence-corrected chi connectivity index (χ3v) is 5.63. The zero-order chi connectivity index (χ0) is 18.8. The van der Waals surface area contributed by atoms with E-state index in [9.17, 15) is 4.79 Å². The van der Waals surface area contributed by atoms with Gasteiger partial charge in [0, 0.05) is 6.42 Å². The quantitative estimate of drug-likeness (QED) is 0.777. The predicted molar refractivity (Wildman–Crippen MR) is 103 cm³/mol. The molecule has 0 unspecified atom stereocenters. The molecule has 1 atom stereocenters. The molecule has 0 saturated carbocycles. The van der Waals surface area contributed by atoms with Crippen molar-refractivity contribution >= 4 is 11.6 Å². The lowest BCUT2D eigenvalue weighted by molar-refractivity contribution is -1.000. The smallest absolute Gasteiger partial charge is 0.298 e. The number of hydrazone groups is 1. The minimum atomic E-state index is -0.152. The maximum atomic E-state index is 13.1. The van der Waals surface area contributed by atoms with Crippen molar-refractivity contribution in [3.8, 4) is 0 Å². The Balaban J connectivity index is 1.54. The summed E-state index contributed by atoms with van der Waals surface area (Å²) in [5.74, 6) is 0.875. The molecule has 1 aromatic heterocycles. The van der Waals surface area contributed by atoms with Gasteiger partial charge < -0.3 is 14.2 Å². The van der Waals surface area contributed by atoms with Gasteiger partial charge in [-0.1, -0.05) is 29.8 Å². The second kappa shape index (κ2) is 7.66. The first-order valence-electron chi connectivity index (χ1n) is 9.75. The fraction of sp³-hybridized carbons (Fsp3) is 0.429. The van der Waals surface area contributed by atoms with Crippen LogP contribution in [0.3, 0.4) is 0 Å². The summed E-state index contributed by atoms with van der Waals surface area (Å²) in [5.41, 5.74) is 3.24. The van der Waals surface area contributed by atoms with E-state index < -0.39 is 0 Å². The van der Waals surface area contributed by atoms with Crippen LogP contribution >= 0.6 is 0 Å². The van der Waals surface area contributed by atoms with Crippen molar-refractivity contribution in [2.45, 2.75) is 19.4 Å². The average molecular weight is 368 g/mol. The molecule has 3 heterocycles. The van der Waals surface area contributed by atoms with Crippen LogP contribution in [0.25, 0.3) is 0 Å². The maximum absolute atomic E-state index is 13.1. The van der Waals surface area contributed by atoms with E-state index in [1.54, 1.807) is 16.2 Å². The van der Waals surface area contributed by atoms with Gasteiger partial charge in [0.2, 0.25) is 0 Å². The number of rotatable bonds is 4. The highest BCUT2D eigenvalue weighted by molar-refractivity contribution is 6.03. The van der Waals surface area contributed by atoms with Crippen molar-refractivity contribution in [3.63, 3.8) is 0 Å². The number of amides is 1. The van der Waals surface area contributed by atoms with Crippen LogP contribution in [-0.4, -0.2) is 56.4 Å². The molecule has 2 aliphatic rings. The molecule has 0 aliphatic carbocycles. The summed E-state index contributed by atoms with van der Waals surface area (Å²) in [6.45, 7) is 6.86. The number of nitrogens with one attached hydrogen (secondary N) is 2. The Labute approximate surface area is 160 Å². The van der Waals surface area contributed by atoms with E-state index in [2.05, 4.69) is 38.2 Å². The maximum Gasteiger partial charge on any atom is 0.298 e. The van der Waals surface area contributed by atoms with Crippen LogP contribution in [0.15, 0.2) is 52.2 Å². The Morgan fingerprint density at radius 2 is 1.93 bits per heavy atom. The highest BCUT2D eigenvalue weighted by Crippen LogP contribution is 2.32. The number of piperazine rings is 1. The number of carbonyl (C=O) groups excluding carboxylic acids is 1. The van der Waals surface area contributed by atoms with Crippen LogP contribution in [-0.2, 0) is 4.79 Å². The molecular formula is C21H28N4O2+2. The standard InChI is InChI=1S/C21H26N4O2/c1-16-5-7-17(8-6-16)18-14-19(20-4-3-13-27-20)25(22-18)21(26)15-24-11-9-23(2)10-12-24/h3-8,13,19H,9-12,14-15H2,1-2H3/p+2/t19-/m0/s1. The van der Waals surface area contributed by atoms with Crippen LogP contribution < -0.4 is 9.80 Å². The summed E-state index contributed by atoms with van der Waals surface area (Å²) in [7, 11) is 2.21. The number of carbonyl (C=O) groups is 1. The minimum Gasteiger partial charge on any atom is -0.467 e. The fourth-order valence-corrected chi connectivity index (χ4v) is 3.87. The molecule has 27 heavy (non-hydrogen) atoms. The molecule has 1 aromatic carbocycles. The number of benzene rings is 1. The molecule has 0 spiro atoms. The third-order valence-electron chi connectivity index (χ3n) is 5.63. The molecule has 1 fully saturated rings. The van der Waals surface area contributed by atoms with Crippen molar-refractivity contribution in [1.29, 1.82) is 0 Å². The third kappa shape index (κ3) is 3.96. The van der Waals surface area contributed by atoms with Gasteiger partial charge in [0.25, 0.3) is 5.91 Å². The summed E-state index contributed by atoms with van der Waals surface area (Å²) < 4.78 is 5.63. The molecule has 1 amide bonds. The number of furan rings is 1. The van der Waals surface area contributed by atoms with Gasteiger partial charge >= 0.3 is 0 Å². The second-order valence-electron chi connectivity index (χ2n) is 7.77. The molecule has 0 radical (unpaired) electrons. The van der Waals surface area contributed by atoms with E-state index in [1.807, 2.05) is 12.1 Å². The van der Waals surface area contributed by atoms with Gasteiger partial charge in [0.05, 0.1) is 19.0 Å². The minimum absolute atomic E-state index is 0.0769. The van der Waals surface area contributed by atoms with Crippen molar-refractivity contribution in [2.24, 2.45) is 5.10 Å². The highest BCUT2D eigenvalue weighted by atomic mass is 16.3. The molecule has 142 valence electrons. The Morgan fingerprint density at radius 1 is 1.19 bits per heavy atom.